The molecule has 0 saturated heterocycles. The Labute approximate surface area is 195 Å². The minimum absolute atomic E-state index is 0. The van der Waals surface area contributed by atoms with Crippen LogP contribution in [0.1, 0.15) is 46.8 Å². The summed E-state index contributed by atoms with van der Waals surface area (Å²) < 4.78 is 6.06. The van der Waals surface area contributed by atoms with Gasteiger partial charge in [-0.25, -0.2) is 4.99 Å². The van der Waals surface area contributed by atoms with E-state index >= 15 is 0 Å². The Morgan fingerprint density at radius 2 is 1.90 bits per heavy atom. The summed E-state index contributed by atoms with van der Waals surface area (Å²) in [5.41, 5.74) is 9.11. The van der Waals surface area contributed by atoms with Crippen LogP contribution in [0.5, 0.6) is 5.75 Å². The van der Waals surface area contributed by atoms with E-state index in [2.05, 4.69) is 40.7 Å². The number of aryl methyl sites for hydroxylation is 1. The van der Waals surface area contributed by atoms with Gasteiger partial charge in [-0.2, -0.15) is 0 Å². The van der Waals surface area contributed by atoms with E-state index in [9.17, 15) is 4.79 Å². The molecule has 0 aliphatic heterocycles. The molecule has 2 aromatic rings. The summed E-state index contributed by atoms with van der Waals surface area (Å²) in [4.78, 5) is 15.8. The van der Waals surface area contributed by atoms with E-state index in [1.165, 1.54) is 18.4 Å². The molecule has 1 saturated carbocycles. The monoisotopic (exact) mass is 522 g/mol. The zero-order valence-electron chi connectivity index (χ0n) is 17.6. The number of aliphatic imine (C=N–C) groups is 1. The molecule has 0 aromatic heterocycles. The number of halogens is 1. The van der Waals surface area contributed by atoms with E-state index in [0.29, 0.717) is 18.7 Å². The maximum absolute atomic E-state index is 11.2. The first-order chi connectivity index (χ1) is 14.0. The van der Waals surface area contributed by atoms with Gasteiger partial charge < -0.3 is 21.1 Å². The van der Waals surface area contributed by atoms with Crippen LogP contribution in [0.15, 0.2) is 47.5 Å². The number of ether oxygens (including phenoxy) is 1. The van der Waals surface area contributed by atoms with E-state index in [1.807, 2.05) is 19.1 Å². The normalized spacial score (nSPS) is 13.3. The van der Waals surface area contributed by atoms with Gasteiger partial charge >= 0.3 is 0 Å². The second-order valence-corrected chi connectivity index (χ2v) is 7.48. The third-order valence-electron chi connectivity index (χ3n) is 4.84. The van der Waals surface area contributed by atoms with Gasteiger partial charge in [0.05, 0.1) is 13.2 Å². The largest absolute Gasteiger partial charge is 0.493 e. The van der Waals surface area contributed by atoms with Crippen LogP contribution in [0.3, 0.4) is 0 Å². The Balaban J connectivity index is 0.00000320. The summed E-state index contributed by atoms with van der Waals surface area (Å²) in [6.07, 6.45) is 2.55. The Kier molecular flexibility index (Phi) is 9.42. The number of hydrogen-bond donors (Lipinski definition) is 3. The van der Waals surface area contributed by atoms with Crippen LogP contribution in [0.2, 0.25) is 0 Å². The summed E-state index contributed by atoms with van der Waals surface area (Å²) in [6.45, 7) is 6.82. The smallest absolute Gasteiger partial charge is 0.248 e. The molecule has 1 fully saturated rings. The Morgan fingerprint density at radius 1 is 1.17 bits per heavy atom. The van der Waals surface area contributed by atoms with E-state index in [1.54, 1.807) is 12.1 Å². The van der Waals surface area contributed by atoms with E-state index in [-0.39, 0.29) is 24.0 Å². The molecule has 1 aliphatic carbocycles. The van der Waals surface area contributed by atoms with Gasteiger partial charge in [-0.1, -0.05) is 24.3 Å². The fourth-order valence-corrected chi connectivity index (χ4v) is 2.90. The summed E-state index contributed by atoms with van der Waals surface area (Å²) >= 11 is 0. The summed E-state index contributed by atoms with van der Waals surface area (Å²) in [5, 5.41) is 6.65. The molecule has 162 valence electrons. The average molecular weight is 522 g/mol. The lowest BCUT2D eigenvalue weighted by Gasteiger charge is -2.15. The van der Waals surface area contributed by atoms with Crippen molar-refractivity contribution in [1.29, 1.82) is 0 Å². The number of benzene rings is 2. The van der Waals surface area contributed by atoms with Gasteiger partial charge in [-0.15, -0.1) is 24.0 Å². The van der Waals surface area contributed by atoms with Crippen LogP contribution in [0, 0.1) is 12.8 Å². The van der Waals surface area contributed by atoms with Crippen molar-refractivity contribution in [3.8, 4) is 5.75 Å². The van der Waals surface area contributed by atoms with Gasteiger partial charge in [0.15, 0.2) is 5.96 Å². The molecule has 30 heavy (non-hydrogen) atoms. The Hall–Kier alpha value is -2.29. The fraction of sp³-hybridized carbons (Fsp3) is 0.391. The molecule has 1 aliphatic rings. The van der Waals surface area contributed by atoms with E-state index < -0.39 is 5.91 Å². The molecule has 0 atom stereocenters. The minimum Gasteiger partial charge on any atom is -0.493 e. The van der Waals surface area contributed by atoms with Crippen LogP contribution >= 0.6 is 24.0 Å². The highest BCUT2D eigenvalue weighted by Gasteiger charge is 2.22. The third-order valence-corrected chi connectivity index (χ3v) is 4.84. The molecule has 1 amide bonds. The average Bonchev–Trinajstić information content (AvgIpc) is 3.54. The maximum Gasteiger partial charge on any atom is 0.248 e. The lowest BCUT2D eigenvalue weighted by atomic mass is 10.1. The summed E-state index contributed by atoms with van der Waals surface area (Å²) in [6, 6.07) is 13.5. The Morgan fingerprint density at radius 3 is 2.53 bits per heavy atom. The first-order valence-electron chi connectivity index (χ1n) is 10.2. The zero-order valence-corrected chi connectivity index (χ0v) is 19.9. The number of carbonyl (C=O) groups is 1. The summed E-state index contributed by atoms with van der Waals surface area (Å²) in [7, 11) is 0. The molecule has 2 aromatic carbocycles. The molecule has 0 spiro atoms. The second kappa shape index (κ2) is 11.8. The number of nitrogens with two attached hydrogens (primary N) is 1. The number of rotatable bonds is 9. The van der Waals surface area contributed by atoms with Gasteiger partial charge in [0.25, 0.3) is 0 Å². The highest BCUT2D eigenvalue weighted by atomic mass is 127. The van der Waals surface area contributed by atoms with E-state index in [0.717, 1.165) is 41.9 Å². The Bertz CT molecular complexity index is 864. The molecule has 0 bridgehead atoms. The standard InChI is InChI=1S/C23H30N4O2.HI/c1-3-25-23(26-13-17-7-10-19(11-8-17)22(24)28)27-14-20-9-4-16(2)12-21(20)29-15-18-5-6-18;/h4,7-12,18H,3,5-6,13-15H2,1-2H3,(H2,24,28)(H2,25,26,27);1H. The SMILES string of the molecule is CCNC(=NCc1ccc(C(N)=O)cc1)NCc1ccc(C)cc1OCC1CC1.I. The first kappa shape index (κ1) is 24.0. The van der Waals surface area contributed by atoms with Crippen LogP contribution in [0.4, 0.5) is 0 Å². The third kappa shape index (κ3) is 7.51. The van der Waals surface area contributed by atoms with Crippen molar-refractivity contribution < 1.29 is 9.53 Å². The predicted molar refractivity (Wildman–Crippen MR) is 131 cm³/mol. The van der Waals surface area contributed by atoms with Gasteiger partial charge in [-0.05, 0) is 61.9 Å². The summed E-state index contributed by atoms with van der Waals surface area (Å²) in [5.74, 6) is 1.98. The lowest BCUT2D eigenvalue weighted by molar-refractivity contribution is 0.100. The second-order valence-electron chi connectivity index (χ2n) is 7.48. The lowest BCUT2D eigenvalue weighted by Crippen LogP contribution is -2.36. The van der Waals surface area contributed by atoms with Gasteiger partial charge in [0, 0.05) is 24.2 Å². The fourth-order valence-electron chi connectivity index (χ4n) is 2.90. The van der Waals surface area contributed by atoms with Crippen molar-refractivity contribution in [1.82, 2.24) is 10.6 Å². The van der Waals surface area contributed by atoms with Crippen LogP contribution in [-0.4, -0.2) is 25.0 Å². The molecule has 6 nitrogen and oxygen atoms in total. The quantitative estimate of drug-likeness (QED) is 0.266. The van der Waals surface area contributed by atoms with Crippen molar-refractivity contribution in [3.63, 3.8) is 0 Å². The number of nitrogens with one attached hydrogen (secondary N) is 2. The maximum atomic E-state index is 11.2. The minimum atomic E-state index is -0.423. The number of carbonyl (C=O) groups excluding carboxylic acids is 1. The van der Waals surface area contributed by atoms with Crippen LogP contribution < -0.4 is 21.1 Å². The molecule has 4 N–H and O–H groups in total. The van der Waals surface area contributed by atoms with Crippen molar-refractivity contribution in [2.75, 3.05) is 13.2 Å². The number of primary amides is 1. The molecule has 0 heterocycles. The molecule has 7 heteroatoms. The van der Waals surface area contributed by atoms with Crippen molar-refractivity contribution in [2.24, 2.45) is 16.6 Å². The highest BCUT2D eigenvalue weighted by molar-refractivity contribution is 14.0. The van der Waals surface area contributed by atoms with E-state index in [4.69, 9.17) is 10.5 Å². The van der Waals surface area contributed by atoms with Crippen molar-refractivity contribution >= 4 is 35.8 Å². The van der Waals surface area contributed by atoms with Gasteiger partial charge in [0.2, 0.25) is 5.91 Å². The topological polar surface area (TPSA) is 88.7 Å². The van der Waals surface area contributed by atoms with Crippen LogP contribution in [0.25, 0.3) is 0 Å². The van der Waals surface area contributed by atoms with Crippen molar-refractivity contribution in [3.05, 3.63) is 64.7 Å². The molecule has 3 rings (SSSR count). The zero-order chi connectivity index (χ0) is 20.6. The number of nitrogens with zero attached hydrogens (tertiary/aromatic N) is 1. The van der Waals surface area contributed by atoms with Crippen LogP contribution in [-0.2, 0) is 13.1 Å². The predicted octanol–water partition coefficient (Wildman–Crippen LogP) is 3.76. The number of amides is 1. The molecule has 0 unspecified atom stereocenters. The molecular formula is C23H31IN4O2. The molecule has 0 radical (unpaired) electrons. The number of hydrogen-bond acceptors (Lipinski definition) is 3. The van der Waals surface area contributed by atoms with Gasteiger partial charge in [0.1, 0.15) is 5.75 Å². The number of guanidine groups is 1. The highest BCUT2D eigenvalue weighted by Crippen LogP contribution is 2.30. The molecular weight excluding hydrogens is 491 g/mol. The van der Waals surface area contributed by atoms with Gasteiger partial charge in [-0.3, -0.25) is 4.79 Å². The first-order valence-corrected chi connectivity index (χ1v) is 10.2. The van der Waals surface area contributed by atoms with Crippen molar-refractivity contribution in [2.45, 2.75) is 39.8 Å².